The number of hydrogen-bond acceptors (Lipinski definition) is 5. The van der Waals surface area contributed by atoms with E-state index in [1.165, 1.54) is 24.2 Å². The predicted octanol–water partition coefficient (Wildman–Crippen LogP) is 1.26. The number of carbonyl (C=O) groups excluding carboxylic acids is 2. The van der Waals surface area contributed by atoms with E-state index in [9.17, 15) is 9.59 Å². The van der Waals surface area contributed by atoms with Gasteiger partial charge in [0, 0.05) is 19.8 Å². The molecule has 19 heavy (non-hydrogen) atoms. The molecule has 1 aromatic heterocycles. The van der Waals surface area contributed by atoms with Gasteiger partial charge >= 0.3 is 5.97 Å². The summed E-state index contributed by atoms with van der Waals surface area (Å²) in [5, 5.41) is 8.43. The van der Waals surface area contributed by atoms with Crippen LogP contribution in [0.15, 0.2) is 18.3 Å². The van der Waals surface area contributed by atoms with E-state index in [4.69, 9.17) is 21.6 Å². The maximum Gasteiger partial charge on any atom is 0.341 e. The number of halogens is 1. The van der Waals surface area contributed by atoms with E-state index < -0.39 is 12.6 Å². The second-order valence-electron chi connectivity index (χ2n) is 3.64. The number of hydrogen-bond donors (Lipinski definition) is 0. The monoisotopic (exact) mass is 281 g/mol. The molecule has 7 heteroatoms. The Morgan fingerprint density at radius 1 is 1.58 bits per heavy atom. The van der Waals surface area contributed by atoms with Gasteiger partial charge in [-0.2, -0.15) is 5.26 Å². The standard InChI is InChI=1S/C12H12ClN3O3/c1-16(7-3-5-14)10(17)8-19-12(18)9-4-2-6-15-11(9)13/h2,4,6H,3,7-8H2,1H3. The van der Waals surface area contributed by atoms with Crippen LogP contribution < -0.4 is 0 Å². The quantitative estimate of drug-likeness (QED) is 0.599. The Morgan fingerprint density at radius 3 is 2.95 bits per heavy atom. The minimum absolute atomic E-state index is 0.0257. The number of ether oxygens (including phenoxy) is 1. The Labute approximate surface area is 115 Å². The van der Waals surface area contributed by atoms with Crippen molar-refractivity contribution in [2.24, 2.45) is 0 Å². The molecule has 0 bridgehead atoms. The Balaban J connectivity index is 2.49. The van der Waals surface area contributed by atoms with Crippen molar-refractivity contribution < 1.29 is 14.3 Å². The van der Waals surface area contributed by atoms with Gasteiger partial charge in [0.15, 0.2) is 6.61 Å². The highest BCUT2D eigenvalue weighted by Crippen LogP contribution is 2.12. The maximum absolute atomic E-state index is 11.6. The lowest BCUT2D eigenvalue weighted by atomic mass is 10.3. The summed E-state index contributed by atoms with van der Waals surface area (Å²) >= 11 is 5.72. The van der Waals surface area contributed by atoms with Crippen LogP contribution in [0.5, 0.6) is 0 Å². The number of aromatic nitrogens is 1. The van der Waals surface area contributed by atoms with E-state index >= 15 is 0 Å². The lowest BCUT2D eigenvalue weighted by Gasteiger charge is -2.15. The molecule has 0 aliphatic heterocycles. The van der Waals surface area contributed by atoms with Gasteiger partial charge < -0.3 is 9.64 Å². The van der Waals surface area contributed by atoms with Crippen LogP contribution in [0.1, 0.15) is 16.8 Å². The first-order chi connectivity index (χ1) is 9.06. The zero-order chi connectivity index (χ0) is 14.3. The van der Waals surface area contributed by atoms with Crippen LogP contribution >= 0.6 is 11.6 Å². The fourth-order valence-electron chi connectivity index (χ4n) is 1.20. The average Bonchev–Trinajstić information content (AvgIpc) is 2.42. The molecule has 0 spiro atoms. The van der Waals surface area contributed by atoms with Crippen LogP contribution in [0.4, 0.5) is 0 Å². The summed E-state index contributed by atoms with van der Waals surface area (Å²) in [4.78, 5) is 28.3. The van der Waals surface area contributed by atoms with Gasteiger partial charge in [0.1, 0.15) is 5.15 Å². The third kappa shape index (κ3) is 4.56. The van der Waals surface area contributed by atoms with Crippen molar-refractivity contribution >= 4 is 23.5 Å². The first kappa shape index (κ1) is 14.9. The van der Waals surface area contributed by atoms with Crippen molar-refractivity contribution in [3.05, 3.63) is 29.0 Å². The van der Waals surface area contributed by atoms with Crippen molar-refractivity contribution in [2.45, 2.75) is 6.42 Å². The van der Waals surface area contributed by atoms with E-state index in [-0.39, 0.29) is 23.0 Å². The molecule has 0 aliphatic carbocycles. The minimum atomic E-state index is -0.708. The fraction of sp³-hybridized carbons (Fsp3) is 0.333. The molecule has 6 nitrogen and oxygen atoms in total. The third-order valence-corrected chi connectivity index (χ3v) is 2.59. The molecule has 0 atom stereocenters. The average molecular weight is 282 g/mol. The summed E-state index contributed by atoms with van der Waals surface area (Å²) in [5.74, 6) is -1.09. The van der Waals surface area contributed by atoms with E-state index in [2.05, 4.69) is 4.98 Å². The molecule has 1 amide bonds. The smallest absolute Gasteiger partial charge is 0.341 e. The Morgan fingerprint density at radius 2 is 2.32 bits per heavy atom. The summed E-state index contributed by atoms with van der Waals surface area (Å²) in [6.07, 6.45) is 1.67. The summed E-state index contributed by atoms with van der Waals surface area (Å²) in [6, 6.07) is 4.93. The van der Waals surface area contributed by atoms with Crippen molar-refractivity contribution in [1.82, 2.24) is 9.88 Å². The molecule has 100 valence electrons. The van der Waals surface area contributed by atoms with Gasteiger partial charge in [-0.05, 0) is 12.1 Å². The molecule has 1 aromatic rings. The SMILES string of the molecule is CN(CCC#N)C(=O)COC(=O)c1cccnc1Cl. The zero-order valence-electron chi connectivity index (χ0n) is 10.3. The van der Waals surface area contributed by atoms with E-state index in [0.717, 1.165) is 0 Å². The molecule has 0 aliphatic rings. The van der Waals surface area contributed by atoms with Crippen LogP contribution in [0.2, 0.25) is 5.15 Å². The predicted molar refractivity (Wildman–Crippen MR) is 67.4 cm³/mol. The van der Waals surface area contributed by atoms with Gasteiger partial charge in [0.2, 0.25) is 0 Å². The molecule has 0 N–H and O–H groups in total. The highest BCUT2D eigenvalue weighted by Gasteiger charge is 2.15. The Hall–Kier alpha value is -2.13. The van der Waals surface area contributed by atoms with Crippen molar-refractivity contribution in [3.8, 4) is 6.07 Å². The van der Waals surface area contributed by atoms with Crippen LogP contribution in [0, 0.1) is 11.3 Å². The first-order valence-electron chi connectivity index (χ1n) is 5.44. The number of rotatable bonds is 5. The van der Waals surface area contributed by atoms with Gasteiger partial charge in [-0.15, -0.1) is 0 Å². The van der Waals surface area contributed by atoms with E-state index in [1.807, 2.05) is 6.07 Å². The highest BCUT2D eigenvalue weighted by molar-refractivity contribution is 6.32. The van der Waals surface area contributed by atoms with Crippen molar-refractivity contribution in [1.29, 1.82) is 5.26 Å². The van der Waals surface area contributed by atoms with Gasteiger partial charge in [0.25, 0.3) is 5.91 Å². The lowest BCUT2D eigenvalue weighted by molar-refractivity contribution is -0.133. The number of nitriles is 1. The summed E-state index contributed by atoms with van der Waals surface area (Å²) in [7, 11) is 1.53. The summed E-state index contributed by atoms with van der Waals surface area (Å²) in [6.45, 7) is -0.105. The largest absolute Gasteiger partial charge is 0.452 e. The van der Waals surface area contributed by atoms with Crippen molar-refractivity contribution in [3.63, 3.8) is 0 Å². The molecular weight excluding hydrogens is 270 g/mol. The number of likely N-dealkylation sites (N-methyl/N-ethyl adjacent to an activating group) is 1. The molecular formula is C12H12ClN3O3. The number of esters is 1. The van der Waals surface area contributed by atoms with E-state index in [0.29, 0.717) is 6.54 Å². The summed E-state index contributed by atoms with van der Waals surface area (Å²) in [5.41, 5.74) is 0.108. The Kier molecular flexibility index (Phi) is 5.76. The summed E-state index contributed by atoms with van der Waals surface area (Å²) < 4.78 is 4.83. The van der Waals surface area contributed by atoms with Crippen LogP contribution in [-0.4, -0.2) is 42.0 Å². The molecule has 0 saturated heterocycles. The number of pyridine rings is 1. The van der Waals surface area contributed by atoms with E-state index in [1.54, 1.807) is 6.07 Å². The molecule has 0 radical (unpaired) electrons. The fourth-order valence-corrected chi connectivity index (χ4v) is 1.39. The second kappa shape index (κ2) is 7.34. The van der Waals surface area contributed by atoms with Gasteiger partial charge in [0.05, 0.1) is 18.1 Å². The van der Waals surface area contributed by atoms with Crippen molar-refractivity contribution in [2.75, 3.05) is 20.2 Å². The first-order valence-corrected chi connectivity index (χ1v) is 5.82. The number of nitrogens with zero attached hydrogens (tertiary/aromatic N) is 3. The molecule has 0 fully saturated rings. The van der Waals surface area contributed by atoms with Crippen LogP contribution in [0.3, 0.4) is 0 Å². The molecule has 1 rings (SSSR count). The zero-order valence-corrected chi connectivity index (χ0v) is 11.1. The highest BCUT2D eigenvalue weighted by atomic mass is 35.5. The molecule has 0 saturated carbocycles. The maximum atomic E-state index is 11.6. The minimum Gasteiger partial charge on any atom is -0.452 e. The molecule has 1 heterocycles. The third-order valence-electron chi connectivity index (χ3n) is 2.29. The number of amides is 1. The normalized spacial score (nSPS) is 9.53. The molecule has 0 aromatic carbocycles. The topological polar surface area (TPSA) is 83.3 Å². The molecule has 0 unspecified atom stereocenters. The second-order valence-corrected chi connectivity index (χ2v) is 4.00. The Bertz CT molecular complexity index is 513. The van der Waals surface area contributed by atoms with Crippen LogP contribution in [-0.2, 0) is 9.53 Å². The van der Waals surface area contributed by atoms with Crippen LogP contribution in [0.25, 0.3) is 0 Å². The van der Waals surface area contributed by atoms with Gasteiger partial charge in [-0.25, -0.2) is 9.78 Å². The lowest BCUT2D eigenvalue weighted by Crippen LogP contribution is -2.32. The van der Waals surface area contributed by atoms with Gasteiger partial charge in [-0.1, -0.05) is 11.6 Å². The number of carbonyl (C=O) groups is 2. The van der Waals surface area contributed by atoms with Gasteiger partial charge in [-0.3, -0.25) is 4.79 Å².